The summed E-state index contributed by atoms with van der Waals surface area (Å²) in [5, 5.41) is 13.3. The maximum absolute atomic E-state index is 14.0. The highest BCUT2D eigenvalue weighted by atomic mass is 19.1. The van der Waals surface area contributed by atoms with Gasteiger partial charge in [0.15, 0.2) is 0 Å². The number of carbonyl (C=O) groups is 1. The maximum Gasteiger partial charge on any atom is 0.223 e. The number of hydrogen-bond donors (Lipinski definition) is 2. The van der Waals surface area contributed by atoms with Crippen molar-refractivity contribution in [2.24, 2.45) is 0 Å². The molecule has 1 aliphatic rings. The van der Waals surface area contributed by atoms with E-state index < -0.39 is 22.7 Å². The minimum Gasteiger partial charge on any atom is -0.385 e. The van der Waals surface area contributed by atoms with Crippen molar-refractivity contribution in [2.45, 2.75) is 37.2 Å². The number of rotatable bonds is 6. The number of aliphatic hydroxyl groups is 1. The third-order valence-corrected chi connectivity index (χ3v) is 4.87. The molecule has 0 aliphatic heterocycles. The molecule has 5 heteroatoms. The Bertz CT molecular complexity index is 750. The van der Waals surface area contributed by atoms with E-state index in [9.17, 15) is 18.7 Å². The Kier molecular flexibility index (Phi) is 4.60. The van der Waals surface area contributed by atoms with Crippen LogP contribution in [0.5, 0.6) is 0 Å². The summed E-state index contributed by atoms with van der Waals surface area (Å²) in [6.45, 7) is 1.74. The van der Waals surface area contributed by atoms with Crippen LogP contribution in [0, 0.1) is 11.6 Å². The number of hydrogen-bond acceptors (Lipinski definition) is 2. The molecule has 2 aromatic rings. The van der Waals surface area contributed by atoms with Gasteiger partial charge < -0.3 is 10.4 Å². The van der Waals surface area contributed by atoms with Gasteiger partial charge in [0.1, 0.15) is 11.6 Å². The molecule has 1 saturated carbocycles. The number of nitrogens with one attached hydrogen (secondary N) is 1. The molecule has 0 saturated heterocycles. The average Bonchev–Trinajstić information content (AvgIpc) is 3.34. The van der Waals surface area contributed by atoms with Crippen molar-refractivity contribution in [1.82, 2.24) is 5.32 Å². The van der Waals surface area contributed by atoms with Gasteiger partial charge in [-0.1, -0.05) is 36.4 Å². The van der Waals surface area contributed by atoms with Gasteiger partial charge in [-0.15, -0.1) is 0 Å². The Hall–Kier alpha value is -2.27. The molecule has 2 N–H and O–H groups in total. The monoisotopic (exact) mass is 345 g/mol. The zero-order chi connectivity index (χ0) is 18.1. The number of halogens is 2. The summed E-state index contributed by atoms with van der Waals surface area (Å²) in [7, 11) is 0. The second kappa shape index (κ2) is 6.56. The normalized spacial score (nSPS) is 17.6. The Morgan fingerprint density at radius 3 is 2.28 bits per heavy atom. The molecular formula is C20H21F2NO2. The maximum atomic E-state index is 14.0. The van der Waals surface area contributed by atoms with E-state index in [0.717, 1.165) is 0 Å². The van der Waals surface area contributed by atoms with Crippen molar-refractivity contribution in [1.29, 1.82) is 0 Å². The van der Waals surface area contributed by atoms with E-state index in [1.807, 2.05) is 6.07 Å². The fraction of sp³-hybridized carbons (Fsp3) is 0.350. The summed E-state index contributed by atoms with van der Waals surface area (Å²) >= 11 is 0. The van der Waals surface area contributed by atoms with Crippen molar-refractivity contribution < 1.29 is 18.7 Å². The van der Waals surface area contributed by atoms with E-state index in [1.165, 1.54) is 18.2 Å². The summed E-state index contributed by atoms with van der Waals surface area (Å²) in [5.41, 5.74) is -1.29. The first-order valence-corrected chi connectivity index (χ1v) is 8.33. The van der Waals surface area contributed by atoms with Crippen LogP contribution >= 0.6 is 0 Å². The summed E-state index contributed by atoms with van der Waals surface area (Å²) in [6.07, 6.45) is 1.13. The summed E-state index contributed by atoms with van der Waals surface area (Å²) < 4.78 is 28.0. The van der Waals surface area contributed by atoms with Crippen molar-refractivity contribution in [3.63, 3.8) is 0 Å². The fourth-order valence-corrected chi connectivity index (χ4v) is 3.21. The van der Waals surface area contributed by atoms with Gasteiger partial charge in [0.25, 0.3) is 0 Å². The van der Waals surface area contributed by atoms with Gasteiger partial charge in [-0.25, -0.2) is 8.78 Å². The SMILES string of the molecule is CC(O)(CC(=O)NCC1(c2c(F)cccc2F)CC1)c1ccccc1. The first-order valence-electron chi connectivity index (χ1n) is 8.33. The second-order valence-corrected chi connectivity index (χ2v) is 6.97. The summed E-state index contributed by atoms with van der Waals surface area (Å²) in [5.74, 6) is -1.51. The molecule has 2 aromatic carbocycles. The molecule has 3 rings (SSSR count). The average molecular weight is 345 g/mol. The van der Waals surface area contributed by atoms with Crippen molar-refractivity contribution in [2.75, 3.05) is 6.54 Å². The van der Waals surface area contributed by atoms with Crippen molar-refractivity contribution >= 4 is 5.91 Å². The standard InChI is InChI=1S/C20H21F2NO2/c1-19(25,14-6-3-2-4-7-14)12-17(24)23-13-20(10-11-20)18-15(21)8-5-9-16(18)22/h2-9,25H,10-13H2,1H3,(H,23,24). The number of amides is 1. The van der Waals surface area contributed by atoms with Crippen LogP contribution in [0.25, 0.3) is 0 Å². The predicted molar refractivity (Wildman–Crippen MR) is 90.9 cm³/mol. The molecule has 1 aliphatic carbocycles. The van der Waals surface area contributed by atoms with Gasteiger partial charge in [-0.3, -0.25) is 4.79 Å². The lowest BCUT2D eigenvalue weighted by Gasteiger charge is -2.24. The molecular weight excluding hydrogens is 324 g/mol. The van der Waals surface area contributed by atoms with E-state index >= 15 is 0 Å². The van der Waals surface area contributed by atoms with Crippen LogP contribution in [0.1, 0.15) is 37.3 Å². The quantitative estimate of drug-likeness (QED) is 0.843. The molecule has 1 amide bonds. The molecule has 0 spiro atoms. The van der Waals surface area contributed by atoms with Crippen LogP contribution < -0.4 is 5.32 Å². The van der Waals surface area contributed by atoms with Crippen LogP contribution in [0.4, 0.5) is 8.78 Å². The van der Waals surface area contributed by atoms with Gasteiger partial charge >= 0.3 is 0 Å². The molecule has 0 bridgehead atoms. The van der Waals surface area contributed by atoms with E-state index in [2.05, 4.69) is 5.32 Å². The second-order valence-electron chi connectivity index (χ2n) is 6.97. The minimum atomic E-state index is -1.30. The zero-order valence-corrected chi connectivity index (χ0v) is 14.1. The molecule has 25 heavy (non-hydrogen) atoms. The Balaban J connectivity index is 1.65. The Morgan fingerprint density at radius 1 is 1.12 bits per heavy atom. The largest absolute Gasteiger partial charge is 0.385 e. The number of carbonyl (C=O) groups excluding carboxylic acids is 1. The first-order chi connectivity index (χ1) is 11.8. The molecule has 1 fully saturated rings. The van der Waals surface area contributed by atoms with Crippen LogP contribution in [0.3, 0.4) is 0 Å². The van der Waals surface area contributed by atoms with E-state index in [0.29, 0.717) is 18.4 Å². The lowest BCUT2D eigenvalue weighted by atomic mass is 9.91. The highest BCUT2D eigenvalue weighted by Crippen LogP contribution is 2.49. The molecule has 0 heterocycles. The lowest BCUT2D eigenvalue weighted by molar-refractivity contribution is -0.126. The number of benzene rings is 2. The summed E-state index contributed by atoms with van der Waals surface area (Å²) in [4.78, 5) is 12.2. The van der Waals surface area contributed by atoms with Gasteiger partial charge in [0.2, 0.25) is 5.91 Å². The van der Waals surface area contributed by atoms with E-state index in [1.54, 1.807) is 31.2 Å². The Morgan fingerprint density at radius 2 is 1.72 bits per heavy atom. The van der Waals surface area contributed by atoms with Gasteiger partial charge in [-0.05, 0) is 37.5 Å². The van der Waals surface area contributed by atoms with Crippen molar-refractivity contribution in [3.8, 4) is 0 Å². The molecule has 0 radical (unpaired) electrons. The minimum absolute atomic E-state index is 0.0464. The van der Waals surface area contributed by atoms with Crippen LogP contribution in [-0.4, -0.2) is 17.6 Å². The molecule has 132 valence electrons. The van der Waals surface area contributed by atoms with Gasteiger partial charge in [0, 0.05) is 17.5 Å². The van der Waals surface area contributed by atoms with E-state index in [-0.39, 0.29) is 24.4 Å². The van der Waals surface area contributed by atoms with Crippen LogP contribution in [0.15, 0.2) is 48.5 Å². The summed E-state index contributed by atoms with van der Waals surface area (Å²) in [6, 6.07) is 12.7. The zero-order valence-electron chi connectivity index (χ0n) is 14.1. The fourth-order valence-electron chi connectivity index (χ4n) is 3.21. The predicted octanol–water partition coefficient (Wildman–Crippen LogP) is 3.41. The Labute approximate surface area is 145 Å². The molecule has 3 nitrogen and oxygen atoms in total. The lowest BCUT2D eigenvalue weighted by Crippen LogP contribution is -2.37. The van der Waals surface area contributed by atoms with Crippen LogP contribution in [0.2, 0.25) is 0 Å². The smallest absolute Gasteiger partial charge is 0.223 e. The molecule has 0 aromatic heterocycles. The highest BCUT2D eigenvalue weighted by molar-refractivity contribution is 5.77. The van der Waals surface area contributed by atoms with Crippen LogP contribution in [-0.2, 0) is 15.8 Å². The third-order valence-electron chi connectivity index (χ3n) is 4.87. The topological polar surface area (TPSA) is 49.3 Å². The van der Waals surface area contributed by atoms with Crippen molar-refractivity contribution in [3.05, 3.63) is 71.3 Å². The molecule has 1 atom stereocenters. The third kappa shape index (κ3) is 3.71. The highest BCUT2D eigenvalue weighted by Gasteiger charge is 2.48. The first kappa shape index (κ1) is 17.5. The van der Waals surface area contributed by atoms with E-state index in [4.69, 9.17) is 0 Å². The van der Waals surface area contributed by atoms with Gasteiger partial charge in [0.05, 0.1) is 12.0 Å². The molecule has 1 unspecified atom stereocenters. The van der Waals surface area contributed by atoms with Gasteiger partial charge in [-0.2, -0.15) is 0 Å².